The molecular formula is C15H22BrN5O3. The van der Waals surface area contributed by atoms with Crippen LogP contribution < -0.4 is 16.0 Å². The summed E-state index contributed by atoms with van der Waals surface area (Å²) >= 11 is 3.26. The van der Waals surface area contributed by atoms with Crippen LogP contribution in [0.15, 0.2) is 22.8 Å². The summed E-state index contributed by atoms with van der Waals surface area (Å²) in [5.41, 5.74) is -0.437. The molecule has 0 spiro atoms. The Kier molecular flexibility index (Phi) is 7.30. The number of amides is 4. The minimum atomic E-state index is -0.565. The largest absolute Gasteiger partial charge is 0.333 e. The second-order valence-electron chi connectivity index (χ2n) is 6.33. The Labute approximate surface area is 149 Å². The number of nitrogens with one attached hydrogen (secondary N) is 3. The molecule has 8 nitrogen and oxygen atoms in total. The average Bonchev–Trinajstić information content (AvgIpc) is 2.38. The summed E-state index contributed by atoms with van der Waals surface area (Å²) < 4.78 is 0.808. The van der Waals surface area contributed by atoms with Crippen molar-refractivity contribution in [1.82, 2.24) is 20.5 Å². The van der Waals surface area contributed by atoms with Gasteiger partial charge in [-0.2, -0.15) is 0 Å². The number of carbonyl (C=O) groups excluding carboxylic acids is 3. The van der Waals surface area contributed by atoms with Crippen molar-refractivity contribution in [1.29, 1.82) is 0 Å². The Morgan fingerprint density at radius 1 is 1.17 bits per heavy atom. The number of anilines is 1. The highest BCUT2D eigenvalue weighted by Gasteiger charge is 2.17. The van der Waals surface area contributed by atoms with E-state index in [4.69, 9.17) is 0 Å². The van der Waals surface area contributed by atoms with Gasteiger partial charge in [-0.3, -0.25) is 19.8 Å². The van der Waals surface area contributed by atoms with Crippen LogP contribution in [-0.2, 0) is 9.59 Å². The predicted molar refractivity (Wildman–Crippen MR) is 94.5 cm³/mol. The van der Waals surface area contributed by atoms with E-state index in [1.807, 2.05) is 20.8 Å². The lowest BCUT2D eigenvalue weighted by Crippen LogP contribution is -2.50. The van der Waals surface area contributed by atoms with Crippen molar-refractivity contribution in [3.63, 3.8) is 0 Å². The van der Waals surface area contributed by atoms with Crippen molar-refractivity contribution in [2.24, 2.45) is 0 Å². The van der Waals surface area contributed by atoms with Crippen LogP contribution in [-0.4, -0.2) is 53.4 Å². The maximum Gasteiger partial charge on any atom is 0.321 e. The highest BCUT2D eigenvalue weighted by molar-refractivity contribution is 9.10. The molecule has 1 heterocycles. The van der Waals surface area contributed by atoms with Crippen molar-refractivity contribution in [3.05, 3.63) is 22.8 Å². The van der Waals surface area contributed by atoms with Gasteiger partial charge in [-0.25, -0.2) is 9.78 Å². The molecule has 0 aliphatic heterocycles. The average molecular weight is 400 g/mol. The van der Waals surface area contributed by atoms with Crippen LogP contribution in [0.4, 0.5) is 10.6 Å². The molecule has 0 aliphatic carbocycles. The third-order valence-corrected chi connectivity index (χ3v) is 3.03. The van der Waals surface area contributed by atoms with Crippen LogP contribution in [0.1, 0.15) is 20.8 Å². The van der Waals surface area contributed by atoms with Crippen molar-refractivity contribution >= 4 is 39.6 Å². The summed E-state index contributed by atoms with van der Waals surface area (Å²) in [4.78, 5) is 40.8. The van der Waals surface area contributed by atoms with Gasteiger partial charge in [0.15, 0.2) is 0 Å². The molecule has 0 saturated carbocycles. The zero-order chi connectivity index (χ0) is 18.3. The Morgan fingerprint density at radius 2 is 1.79 bits per heavy atom. The number of hydrogen-bond acceptors (Lipinski definition) is 5. The zero-order valence-corrected chi connectivity index (χ0v) is 15.7. The second-order valence-corrected chi connectivity index (χ2v) is 7.25. The normalized spacial score (nSPS) is 11.1. The van der Waals surface area contributed by atoms with E-state index in [0.29, 0.717) is 5.82 Å². The molecule has 0 unspecified atom stereocenters. The first-order valence-corrected chi connectivity index (χ1v) is 8.06. The van der Waals surface area contributed by atoms with E-state index in [-0.39, 0.29) is 19.0 Å². The Balaban J connectivity index is 2.37. The van der Waals surface area contributed by atoms with E-state index >= 15 is 0 Å². The molecule has 0 saturated heterocycles. The third-order valence-electron chi connectivity index (χ3n) is 2.56. The lowest BCUT2D eigenvalue weighted by atomic mass is 10.1. The van der Waals surface area contributed by atoms with Gasteiger partial charge in [-0.1, -0.05) is 0 Å². The lowest BCUT2D eigenvalue weighted by Gasteiger charge is -2.21. The lowest BCUT2D eigenvalue weighted by molar-refractivity contribution is -0.122. The summed E-state index contributed by atoms with van der Waals surface area (Å²) in [5, 5.41) is 7.46. The van der Waals surface area contributed by atoms with Gasteiger partial charge >= 0.3 is 6.03 Å². The molecule has 3 N–H and O–H groups in total. The maximum atomic E-state index is 11.9. The van der Waals surface area contributed by atoms with Gasteiger partial charge in [0.2, 0.25) is 11.8 Å². The number of nitrogens with zero attached hydrogens (tertiary/aromatic N) is 2. The highest BCUT2D eigenvalue weighted by atomic mass is 79.9. The summed E-state index contributed by atoms with van der Waals surface area (Å²) in [6.45, 7) is 5.34. The molecule has 0 radical (unpaired) electrons. The van der Waals surface area contributed by atoms with Crippen molar-refractivity contribution in [3.8, 4) is 0 Å². The molecule has 0 atom stereocenters. The van der Waals surface area contributed by atoms with Gasteiger partial charge in [0.05, 0.1) is 13.1 Å². The number of likely N-dealkylation sites (N-methyl/N-ethyl adjacent to an activating group) is 1. The number of rotatable bonds is 5. The minimum Gasteiger partial charge on any atom is -0.333 e. The van der Waals surface area contributed by atoms with Crippen LogP contribution >= 0.6 is 15.9 Å². The fourth-order valence-electron chi connectivity index (χ4n) is 1.72. The maximum absolute atomic E-state index is 11.9. The second kappa shape index (κ2) is 8.74. The molecule has 1 rings (SSSR count). The topological polar surface area (TPSA) is 103 Å². The summed E-state index contributed by atoms with van der Waals surface area (Å²) in [6.07, 6.45) is 1.57. The SMILES string of the molecule is CN(CC(=O)NC(=O)NC(C)(C)C)CC(=O)Nc1ccc(Br)cn1. The standard InChI is InChI=1S/C15H22BrN5O3/c1-15(2,3)20-14(24)19-13(23)9-21(4)8-12(22)18-11-6-5-10(16)7-17-11/h5-7H,8-9H2,1-4H3,(H,17,18,22)(H2,19,20,23,24). The highest BCUT2D eigenvalue weighted by Crippen LogP contribution is 2.10. The summed E-state index contributed by atoms with van der Waals surface area (Å²) in [7, 11) is 1.61. The minimum absolute atomic E-state index is 0.00788. The Morgan fingerprint density at radius 3 is 2.33 bits per heavy atom. The molecule has 9 heteroatoms. The molecule has 0 bridgehead atoms. The number of hydrogen-bond donors (Lipinski definition) is 3. The summed E-state index contributed by atoms with van der Waals surface area (Å²) in [5.74, 6) is -0.376. The van der Waals surface area contributed by atoms with Gasteiger partial charge in [0.1, 0.15) is 5.82 Å². The first-order chi connectivity index (χ1) is 11.0. The predicted octanol–water partition coefficient (Wildman–Crippen LogP) is 1.34. The van der Waals surface area contributed by atoms with Gasteiger partial charge in [0.25, 0.3) is 0 Å². The number of imide groups is 1. The molecule has 0 fully saturated rings. The molecule has 1 aromatic heterocycles. The van der Waals surface area contributed by atoms with Crippen molar-refractivity contribution < 1.29 is 14.4 Å². The third kappa shape index (κ3) is 8.59. The number of carbonyl (C=O) groups is 3. The van der Waals surface area contributed by atoms with E-state index in [1.165, 1.54) is 4.90 Å². The monoisotopic (exact) mass is 399 g/mol. The number of halogens is 1. The molecule has 0 aliphatic rings. The molecule has 132 valence electrons. The molecule has 1 aromatic rings. The van der Waals surface area contributed by atoms with Gasteiger partial charge in [-0.15, -0.1) is 0 Å². The van der Waals surface area contributed by atoms with Crippen LogP contribution in [0.25, 0.3) is 0 Å². The Hall–Kier alpha value is -2.00. The quantitative estimate of drug-likeness (QED) is 0.692. The van der Waals surface area contributed by atoms with Gasteiger partial charge in [0, 0.05) is 16.2 Å². The van der Waals surface area contributed by atoms with E-state index in [1.54, 1.807) is 25.4 Å². The Bertz CT molecular complexity index is 598. The van der Waals surface area contributed by atoms with E-state index in [9.17, 15) is 14.4 Å². The van der Waals surface area contributed by atoms with E-state index < -0.39 is 17.5 Å². The van der Waals surface area contributed by atoms with Gasteiger partial charge < -0.3 is 10.6 Å². The zero-order valence-electron chi connectivity index (χ0n) is 14.1. The van der Waals surface area contributed by atoms with Crippen molar-refractivity contribution in [2.75, 3.05) is 25.5 Å². The molecular weight excluding hydrogens is 378 g/mol. The van der Waals surface area contributed by atoms with Crippen LogP contribution in [0, 0.1) is 0 Å². The first kappa shape index (κ1) is 20.0. The van der Waals surface area contributed by atoms with Crippen LogP contribution in [0.5, 0.6) is 0 Å². The molecule has 0 aromatic carbocycles. The van der Waals surface area contributed by atoms with Crippen LogP contribution in [0.2, 0.25) is 0 Å². The van der Waals surface area contributed by atoms with Crippen molar-refractivity contribution in [2.45, 2.75) is 26.3 Å². The smallest absolute Gasteiger partial charge is 0.321 e. The summed E-state index contributed by atoms with van der Waals surface area (Å²) in [6, 6.07) is 2.85. The molecule has 24 heavy (non-hydrogen) atoms. The van der Waals surface area contributed by atoms with Gasteiger partial charge in [-0.05, 0) is 55.9 Å². The number of aromatic nitrogens is 1. The fraction of sp³-hybridized carbons (Fsp3) is 0.467. The van der Waals surface area contributed by atoms with E-state index in [0.717, 1.165) is 4.47 Å². The fourth-order valence-corrected chi connectivity index (χ4v) is 1.95. The molecule has 4 amide bonds. The van der Waals surface area contributed by atoms with E-state index in [2.05, 4.69) is 36.9 Å². The van der Waals surface area contributed by atoms with Crippen LogP contribution in [0.3, 0.4) is 0 Å². The number of urea groups is 1. The first-order valence-electron chi connectivity index (χ1n) is 7.27. The number of pyridine rings is 1.